The average molecular weight is 319 g/mol. The van der Waals surface area contributed by atoms with Crippen LogP contribution in [-0.2, 0) is 19.1 Å². The summed E-state index contributed by atoms with van der Waals surface area (Å²) in [5.41, 5.74) is 1.04. The van der Waals surface area contributed by atoms with Crippen LogP contribution in [-0.4, -0.2) is 53.3 Å². The van der Waals surface area contributed by atoms with Crippen molar-refractivity contribution in [3.8, 4) is 0 Å². The van der Waals surface area contributed by atoms with Crippen LogP contribution in [0.2, 0.25) is 0 Å². The van der Waals surface area contributed by atoms with Gasteiger partial charge in [-0.3, -0.25) is 4.79 Å². The summed E-state index contributed by atoms with van der Waals surface area (Å²) < 4.78 is 11.2. The van der Waals surface area contributed by atoms with Crippen molar-refractivity contribution in [2.24, 2.45) is 0 Å². The van der Waals surface area contributed by atoms with Gasteiger partial charge in [-0.05, 0) is 25.3 Å². The van der Waals surface area contributed by atoms with Crippen molar-refractivity contribution in [3.05, 3.63) is 35.9 Å². The molecular weight excluding hydrogens is 298 g/mol. The number of nitrogens with zero attached hydrogens (tertiary/aromatic N) is 1. The summed E-state index contributed by atoms with van der Waals surface area (Å²) in [6, 6.07) is 9.75. The van der Waals surface area contributed by atoms with Gasteiger partial charge in [0.05, 0.1) is 19.2 Å². The van der Waals surface area contributed by atoms with Gasteiger partial charge in [0.2, 0.25) is 0 Å². The molecule has 1 amide bonds. The molecule has 2 fully saturated rings. The zero-order chi connectivity index (χ0) is 16.4. The van der Waals surface area contributed by atoms with E-state index in [4.69, 9.17) is 14.6 Å². The lowest BCUT2D eigenvalue weighted by Crippen LogP contribution is -2.51. The smallest absolute Gasteiger partial charge is 0.332 e. The first-order valence-electron chi connectivity index (χ1n) is 7.91. The van der Waals surface area contributed by atoms with E-state index in [0.29, 0.717) is 26.0 Å². The maximum Gasteiger partial charge on any atom is 0.332 e. The third kappa shape index (κ3) is 3.38. The predicted octanol–water partition coefficient (Wildman–Crippen LogP) is 1.61. The summed E-state index contributed by atoms with van der Waals surface area (Å²) in [4.78, 5) is 25.4. The second-order valence-electron chi connectivity index (χ2n) is 6.10. The van der Waals surface area contributed by atoms with Crippen LogP contribution in [0.4, 0.5) is 0 Å². The van der Waals surface area contributed by atoms with E-state index in [0.717, 1.165) is 5.56 Å². The second-order valence-corrected chi connectivity index (χ2v) is 6.10. The van der Waals surface area contributed by atoms with E-state index >= 15 is 0 Å². The molecule has 1 aromatic carbocycles. The number of carboxylic acid groups (broad SMARTS) is 1. The lowest BCUT2D eigenvalue weighted by atomic mass is 10.0. The summed E-state index contributed by atoms with van der Waals surface area (Å²) >= 11 is 0. The Hall–Kier alpha value is -1.92. The molecule has 23 heavy (non-hydrogen) atoms. The van der Waals surface area contributed by atoms with Crippen molar-refractivity contribution in [2.75, 3.05) is 13.2 Å². The molecule has 0 radical (unpaired) electrons. The number of benzene rings is 1. The molecule has 6 nitrogen and oxygen atoms in total. The minimum Gasteiger partial charge on any atom is -0.479 e. The molecule has 2 unspecified atom stereocenters. The highest BCUT2D eigenvalue weighted by Gasteiger charge is 2.40. The van der Waals surface area contributed by atoms with Gasteiger partial charge >= 0.3 is 5.97 Å². The number of amides is 1. The Morgan fingerprint density at radius 1 is 1.17 bits per heavy atom. The molecule has 0 spiro atoms. The van der Waals surface area contributed by atoms with Crippen molar-refractivity contribution in [1.29, 1.82) is 0 Å². The molecule has 2 aliphatic heterocycles. The van der Waals surface area contributed by atoms with Crippen molar-refractivity contribution >= 4 is 11.9 Å². The molecule has 2 saturated heterocycles. The SMILES string of the molecule is CC1COC(c2ccccc2)CN1C(=O)[C@@H]1CC[C@H](C(=O)O)O1. The number of hydrogen-bond donors (Lipinski definition) is 1. The minimum atomic E-state index is -1.00. The first-order valence-corrected chi connectivity index (χ1v) is 7.91. The van der Waals surface area contributed by atoms with Gasteiger partial charge in [-0.25, -0.2) is 4.79 Å². The van der Waals surface area contributed by atoms with E-state index in [1.54, 1.807) is 4.90 Å². The first kappa shape index (κ1) is 16.0. The Morgan fingerprint density at radius 2 is 1.87 bits per heavy atom. The number of rotatable bonds is 3. The molecular formula is C17H21NO5. The lowest BCUT2D eigenvalue weighted by molar-refractivity contribution is -0.161. The summed E-state index contributed by atoms with van der Waals surface area (Å²) in [5, 5.41) is 9.00. The Bertz CT molecular complexity index is 576. The monoisotopic (exact) mass is 319 g/mol. The van der Waals surface area contributed by atoms with Crippen LogP contribution in [0.25, 0.3) is 0 Å². The van der Waals surface area contributed by atoms with Gasteiger partial charge in [0.25, 0.3) is 5.91 Å². The molecule has 3 rings (SSSR count). The number of carbonyl (C=O) groups excluding carboxylic acids is 1. The molecule has 0 bridgehead atoms. The van der Waals surface area contributed by atoms with Gasteiger partial charge in [-0.1, -0.05) is 30.3 Å². The van der Waals surface area contributed by atoms with Crippen LogP contribution in [0.3, 0.4) is 0 Å². The molecule has 2 heterocycles. The summed E-state index contributed by atoms with van der Waals surface area (Å²) in [7, 11) is 0. The summed E-state index contributed by atoms with van der Waals surface area (Å²) in [6.07, 6.45) is -0.853. The van der Waals surface area contributed by atoms with Crippen LogP contribution in [0.5, 0.6) is 0 Å². The van der Waals surface area contributed by atoms with Crippen LogP contribution < -0.4 is 0 Å². The molecule has 1 N–H and O–H groups in total. The quantitative estimate of drug-likeness (QED) is 0.916. The zero-order valence-electron chi connectivity index (χ0n) is 13.1. The van der Waals surface area contributed by atoms with Gasteiger partial charge in [0, 0.05) is 0 Å². The third-order valence-corrected chi connectivity index (χ3v) is 4.46. The molecule has 0 saturated carbocycles. The summed E-state index contributed by atoms with van der Waals surface area (Å²) in [6.45, 7) is 2.85. The van der Waals surface area contributed by atoms with E-state index < -0.39 is 18.2 Å². The molecule has 0 aromatic heterocycles. The van der Waals surface area contributed by atoms with E-state index in [9.17, 15) is 9.59 Å². The highest BCUT2D eigenvalue weighted by atomic mass is 16.5. The fourth-order valence-corrected chi connectivity index (χ4v) is 3.12. The fourth-order valence-electron chi connectivity index (χ4n) is 3.12. The fraction of sp³-hybridized carbons (Fsp3) is 0.529. The second kappa shape index (κ2) is 6.68. The number of carbonyl (C=O) groups is 2. The Balaban J connectivity index is 1.68. The average Bonchev–Trinajstić information content (AvgIpc) is 3.06. The molecule has 6 heteroatoms. The van der Waals surface area contributed by atoms with Crippen LogP contribution >= 0.6 is 0 Å². The summed E-state index contributed by atoms with van der Waals surface area (Å²) in [5.74, 6) is -1.14. The van der Waals surface area contributed by atoms with E-state index in [2.05, 4.69) is 0 Å². The van der Waals surface area contributed by atoms with Crippen LogP contribution in [0.15, 0.2) is 30.3 Å². The minimum absolute atomic E-state index is 0.0464. The van der Waals surface area contributed by atoms with Crippen molar-refractivity contribution in [2.45, 2.75) is 44.1 Å². The van der Waals surface area contributed by atoms with Gasteiger partial charge in [0.1, 0.15) is 12.2 Å². The molecule has 124 valence electrons. The maximum absolute atomic E-state index is 12.7. The number of hydrogen-bond acceptors (Lipinski definition) is 4. The van der Waals surface area contributed by atoms with Crippen LogP contribution in [0, 0.1) is 0 Å². The number of aliphatic carboxylic acids is 1. The largest absolute Gasteiger partial charge is 0.479 e. The first-order chi connectivity index (χ1) is 11.1. The van der Waals surface area contributed by atoms with Crippen molar-refractivity contribution in [1.82, 2.24) is 4.90 Å². The lowest BCUT2D eigenvalue weighted by Gasteiger charge is -2.39. The highest BCUT2D eigenvalue weighted by Crippen LogP contribution is 2.28. The number of morpholine rings is 1. The van der Waals surface area contributed by atoms with E-state index in [-0.39, 0.29) is 18.1 Å². The predicted molar refractivity (Wildman–Crippen MR) is 81.8 cm³/mol. The topological polar surface area (TPSA) is 76.1 Å². The molecule has 1 aromatic rings. The molecule has 2 aliphatic rings. The van der Waals surface area contributed by atoms with Gasteiger partial charge in [0.15, 0.2) is 6.10 Å². The maximum atomic E-state index is 12.7. The number of carboxylic acids is 1. The Morgan fingerprint density at radius 3 is 2.52 bits per heavy atom. The van der Waals surface area contributed by atoms with Crippen molar-refractivity contribution < 1.29 is 24.2 Å². The Labute approximate surface area is 135 Å². The Kier molecular flexibility index (Phi) is 4.63. The van der Waals surface area contributed by atoms with Crippen molar-refractivity contribution in [3.63, 3.8) is 0 Å². The van der Waals surface area contributed by atoms with E-state index in [1.807, 2.05) is 37.3 Å². The molecule has 0 aliphatic carbocycles. The zero-order valence-corrected chi connectivity index (χ0v) is 13.1. The van der Waals surface area contributed by atoms with Crippen LogP contribution in [0.1, 0.15) is 31.4 Å². The van der Waals surface area contributed by atoms with Gasteiger partial charge in [-0.2, -0.15) is 0 Å². The van der Waals surface area contributed by atoms with Gasteiger partial charge < -0.3 is 19.5 Å². The normalized spacial score (nSPS) is 31.1. The highest BCUT2D eigenvalue weighted by molar-refractivity contribution is 5.83. The van der Waals surface area contributed by atoms with Gasteiger partial charge in [-0.15, -0.1) is 0 Å². The molecule has 4 atom stereocenters. The number of ether oxygens (including phenoxy) is 2. The van der Waals surface area contributed by atoms with E-state index in [1.165, 1.54) is 0 Å². The standard InChI is InChI=1S/C17H21NO5/c1-11-10-22-15(12-5-3-2-4-6-12)9-18(11)16(19)13-7-8-14(23-13)17(20)21/h2-6,11,13-15H,7-10H2,1H3,(H,20,21)/t11?,13-,14+,15?/m0/s1. The third-order valence-electron chi connectivity index (χ3n) is 4.46.